The number of hydrogen-bond acceptors (Lipinski definition) is 4. The summed E-state index contributed by atoms with van der Waals surface area (Å²) in [6.07, 6.45) is -0.562. The molecule has 0 aliphatic carbocycles. The van der Waals surface area contributed by atoms with Gasteiger partial charge in [-0.25, -0.2) is 13.1 Å². The van der Waals surface area contributed by atoms with E-state index in [2.05, 4.69) is 4.72 Å². The quantitative estimate of drug-likeness (QED) is 0.642. The number of benzene rings is 2. The zero-order valence-corrected chi connectivity index (χ0v) is 15.7. The van der Waals surface area contributed by atoms with Crippen LogP contribution in [-0.2, 0) is 21.4 Å². The molecule has 6 nitrogen and oxygen atoms in total. The topological polar surface area (TPSA) is 101 Å². The molecule has 2 N–H and O–H groups in total. The van der Waals surface area contributed by atoms with E-state index in [0.717, 1.165) is 6.07 Å². The first-order chi connectivity index (χ1) is 12.2. The van der Waals surface area contributed by atoms with Gasteiger partial charge in [-0.3, -0.25) is 9.59 Å². The fourth-order valence-electron chi connectivity index (χ4n) is 2.11. The summed E-state index contributed by atoms with van der Waals surface area (Å²) in [7, 11) is -3.97. The minimum absolute atomic E-state index is 0.0209. The number of halogens is 2. The van der Waals surface area contributed by atoms with Gasteiger partial charge in [0.25, 0.3) is 0 Å². The van der Waals surface area contributed by atoms with Gasteiger partial charge >= 0.3 is 5.97 Å². The van der Waals surface area contributed by atoms with Gasteiger partial charge in [0.05, 0.1) is 11.4 Å². The van der Waals surface area contributed by atoms with Crippen molar-refractivity contribution in [3.63, 3.8) is 0 Å². The lowest BCUT2D eigenvalue weighted by molar-refractivity contribution is -0.136. The molecule has 0 heterocycles. The van der Waals surface area contributed by atoms with Gasteiger partial charge in [-0.15, -0.1) is 0 Å². The van der Waals surface area contributed by atoms with Crippen LogP contribution >= 0.6 is 23.2 Å². The van der Waals surface area contributed by atoms with Gasteiger partial charge < -0.3 is 5.11 Å². The molecule has 0 saturated heterocycles. The second-order valence-corrected chi connectivity index (χ2v) is 7.99. The van der Waals surface area contributed by atoms with E-state index in [1.165, 1.54) is 12.1 Å². The Kier molecular flexibility index (Phi) is 6.77. The molecule has 0 amide bonds. The van der Waals surface area contributed by atoms with Crippen LogP contribution in [0.3, 0.4) is 0 Å². The van der Waals surface area contributed by atoms with Crippen LogP contribution in [0.25, 0.3) is 0 Å². The Bertz CT molecular complexity index is 927. The SMILES string of the molecule is O=C(O)CCC(=O)c1ccc(Cl)c(S(=O)(=O)NCc2ccc(Cl)cc2)c1. The van der Waals surface area contributed by atoms with E-state index in [1.54, 1.807) is 24.3 Å². The van der Waals surface area contributed by atoms with Crippen molar-refractivity contribution in [3.8, 4) is 0 Å². The summed E-state index contributed by atoms with van der Waals surface area (Å²) in [5.41, 5.74) is 0.783. The fourth-order valence-corrected chi connectivity index (χ4v) is 3.77. The Morgan fingerprint density at radius 1 is 1.00 bits per heavy atom. The maximum absolute atomic E-state index is 12.5. The largest absolute Gasteiger partial charge is 0.481 e. The highest BCUT2D eigenvalue weighted by molar-refractivity contribution is 7.89. The predicted molar refractivity (Wildman–Crippen MR) is 98.1 cm³/mol. The third-order valence-corrected chi connectivity index (χ3v) is 5.62. The molecule has 2 aromatic carbocycles. The third-order valence-electron chi connectivity index (χ3n) is 3.49. The Labute approximate surface area is 160 Å². The van der Waals surface area contributed by atoms with E-state index in [0.29, 0.717) is 10.6 Å². The summed E-state index contributed by atoms with van der Waals surface area (Å²) < 4.78 is 27.4. The van der Waals surface area contributed by atoms with E-state index in [9.17, 15) is 18.0 Å². The lowest BCUT2D eigenvalue weighted by atomic mass is 10.1. The molecule has 26 heavy (non-hydrogen) atoms. The van der Waals surface area contributed by atoms with Crippen LogP contribution < -0.4 is 4.72 Å². The van der Waals surface area contributed by atoms with Crippen LogP contribution in [0.1, 0.15) is 28.8 Å². The summed E-state index contributed by atoms with van der Waals surface area (Å²) in [5.74, 6) is -1.58. The first-order valence-corrected chi connectivity index (χ1v) is 9.71. The molecule has 0 fully saturated rings. The first kappa shape index (κ1) is 20.4. The van der Waals surface area contributed by atoms with E-state index in [1.807, 2.05) is 0 Å². The van der Waals surface area contributed by atoms with Gasteiger partial charge in [0, 0.05) is 23.6 Å². The molecular formula is C17H15Cl2NO5S. The van der Waals surface area contributed by atoms with E-state index < -0.39 is 21.8 Å². The van der Waals surface area contributed by atoms with Crippen molar-refractivity contribution in [1.82, 2.24) is 4.72 Å². The lowest BCUT2D eigenvalue weighted by Gasteiger charge is -2.10. The van der Waals surface area contributed by atoms with Crippen LogP contribution in [0.4, 0.5) is 0 Å². The molecule has 0 unspecified atom stereocenters. The molecule has 0 radical (unpaired) electrons. The molecule has 0 bridgehead atoms. The summed E-state index contributed by atoms with van der Waals surface area (Å²) in [6.45, 7) is 0.0209. The number of Topliss-reactive ketones (excluding diaryl/α,β-unsaturated/α-hetero) is 1. The molecular weight excluding hydrogens is 401 g/mol. The molecule has 0 atom stereocenters. The maximum Gasteiger partial charge on any atom is 0.303 e. The van der Waals surface area contributed by atoms with Crippen LogP contribution in [-0.4, -0.2) is 25.3 Å². The summed E-state index contributed by atoms with van der Waals surface area (Å²) in [5, 5.41) is 9.14. The van der Waals surface area contributed by atoms with E-state index in [4.69, 9.17) is 28.3 Å². The lowest BCUT2D eigenvalue weighted by Crippen LogP contribution is -2.24. The summed E-state index contributed by atoms with van der Waals surface area (Å²) in [6, 6.07) is 10.4. The zero-order valence-electron chi connectivity index (χ0n) is 13.4. The highest BCUT2D eigenvalue weighted by Crippen LogP contribution is 2.24. The van der Waals surface area contributed by atoms with Gasteiger partial charge in [-0.2, -0.15) is 0 Å². The minimum atomic E-state index is -3.97. The van der Waals surface area contributed by atoms with Crippen molar-refractivity contribution in [3.05, 3.63) is 63.6 Å². The maximum atomic E-state index is 12.5. The van der Waals surface area contributed by atoms with Crippen LogP contribution in [0, 0.1) is 0 Å². The Morgan fingerprint density at radius 3 is 2.27 bits per heavy atom. The molecule has 0 spiro atoms. The molecule has 0 aromatic heterocycles. The van der Waals surface area contributed by atoms with Gasteiger partial charge in [0.2, 0.25) is 10.0 Å². The summed E-state index contributed by atoms with van der Waals surface area (Å²) >= 11 is 11.8. The van der Waals surface area contributed by atoms with E-state index in [-0.39, 0.29) is 34.9 Å². The van der Waals surface area contributed by atoms with Crippen molar-refractivity contribution in [2.75, 3.05) is 0 Å². The summed E-state index contributed by atoms with van der Waals surface area (Å²) in [4.78, 5) is 22.3. The van der Waals surface area contributed by atoms with Crippen LogP contribution in [0.2, 0.25) is 10.0 Å². The number of carbonyl (C=O) groups excluding carboxylic acids is 1. The second kappa shape index (κ2) is 8.64. The Hall–Kier alpha value is -1.93. The van der Waals surface area contributed by atoms with Crippen molar-refractivity contribution in [1.29, 1.82) is 0 Å². The monoisotopic (exact) mass is 415 g/mol. The molecule has 2 rings (SSSR count). The number of ketones is 1. The molecule has 9 heteroatoms. The zero-order chi connectivity index (χ0) is 19.3. The molecule has 0 aliphatic rings. The number of carbonyl (C=O) groups is 2. The van der Waals surface area contributed by atoms with Crippen LogP contribution in [0.15, 0.2) is 47.4 Å². The van der Waals surface area contributed by atoms with Crippen molar-refractivity contribution < 1.29 is 23.1 Å². The highest BCUT2D eigenvalue weighted by atomic mass is 35.5. The van der Waals surface area contributed by atoms with Crippen molar-refractivity contribution in [2.24, 2.45) is 0 Å². The first-order valence-electron chi connectivity index (χ1n) is 7.48. The number of hydrogen-bond donors (Lipinski definition) is 2. The number of rotatable bonds is 8. The number of carboxylic acid groups (broad SMARTS) is 1. The van der Waals surface area contributed by atoms with E-state index >= 15 is 0 Å². The van der Waals surface area contributed by atoms with Gasteiger partial charge in [-0.05, 0) is 35.9 Å². The average Bonchev–Trinajstić information content (AvgIpc) is 2.59. The Balaban J connectivity index is 2.19. The number of nitrogens with one attached hydrogen (secondary N) is 1. The van der Waals surface area contributed by atoms with Gasteiger partial charge in [-0.1, -0.05) is 35.3 Å². The minimum Gasteiger partial charge on any atom is -0.481 e. The number of carboxylic acids is 1. The predicted octanol–water partition coefficient (Wildman–Crippen LogP) is 3.52. The van der Waals surface area contributed by atoms with Gasteiger partial charge in [0.1, 0.15) is 4.90 Å². The Morgan fingerprint density at radius 2 is 1.65 bits per heavy atom. The number of sulfonamides is 1. The number of aliphatic carboxylic acids is 1. The van der Waals surface area contributed by atoms with Crippen LogP contribution in [0.5, 0.6) is 0 Å². The molecule has 138 valence electrons. The van der Waals surface area contributed by atoms with Crippen molar-refractivity contribution >= 4 is 45.0 Å². The highest BCUT2D eigenvalue weighted by Gasteiger charge is 2.20. The standard InChI is InChI=1S/C17H15Cl2NO5S/c18-13-4-1-11(2-5-13)10-20-26(24,25)16-9-12(3-6-14(16)19)15(21)7-8-17(22)23/h1-6,9,20H,7-8,10H2,(H,22,23). The van der Waals surface area contributed by atoms with Gasteiger partial charge in [0.15, 0.2) is 5.78 Å². The molecule has 2 aromatic rings. The smallest absolute Gasteiger partial charge is 0.303 e. The normalized spacial score (nSPS) is 11.3. The van der Waals surface area contributed by atoms with Crippen molar-refractivity contribution in [2.45, 2.75) is 24.3 Å². The second-order valence-electron chi connectivity index (χ2n) is 5.41. The molecule has 0 aliphatic heterocycles. The molecule has 0 saturated carbocycles. The third kappa shape index (κ3) is 5.54. The average molecular weight is 416 g/mol. The fraction of sp³-hybridized carbons (Fsp3) is 0.176.